The van der Waals surface area contributed by atoms with E-state index in [-0.39, 0.29) is 0 Å². The van der Waals surface area contributed by atoms with Gasteiger partial charge in [-0.15, -0.1) is 11.8 Å². The molecule has 1 unspecified atom stereocenters. The molecule has 0 bridgehead atoms. The molecule has 2 aliphatic rings. The highest BCUT2D eigenvalue weighted by molar-refractivity contribution is 8.01. The third-order valence-electron chi connectivity index (χ3n) is 2.97. The third-order valence-corrected chi connectivity index (χ3v) is 4.36. The largest absolute Gasteiger partial charge is 0.291 e. The van der Waals surface area contributed by atoms with E-state index >= 15 is 0 Å². The van der Waals surface area contributed by atoms with E-state index in [2.05, 4.69) is 16.7 Å². The molecule has 0 spiro atoms. The van der Waals surface area contributed by atoms with Gasteiger partial charge in [-0.05, 0) is 38.1 Å². The van der Waals surface area contributed by atoms with Gasteiger partial charge in [0.1, 0.15) is 0 Å². The first-order chi connectivity index (χ1) is 5.97. The molecular weight excluding hydrogens is 166 g/mol. The first-order valence-corrected chi connectivity index (χ1v) is 6.37. The lowest BCUT2D eigenvalue weighted by molar-refractivity contribution is 0.221. The molecule has 0 N–H and O–H groups in total. The number of nitrogens with zero attached hydrogens (tertiary/aromatic N) is 1. The molecule has 0 aliphatic carbocycles. The Hall–Kier alpha value is 0.310. The van der Waals surface area contributed by atoms with Crippen LogP contribution < -0.4 is 0 Å². The van der Waals surface area contributed by atoms with E-state index in [0.717, 1.165) is 5.37 Å². The van der Waals surface area contributed by atoms with Gasteiger partial charge in [-0.3, -0.25) is 4.90 Å². The van der Waals surface area contributed by atoms with Crippen LogP contribution in [0.4, 0.5) is 0 Å². The molecule has 0 amide bonds. The number of hydrogen-bond acceptors (Lipinski definition) is 2. The van der Waals surface area contributed by atoms with Crippen molar-refractivity contribution in [3.05, 3.63) is 0 Å². The van der Waals surface area contributed by atoms with Crippen molar-refractivity contribution in [3.63, 3.8) is 0 Å². The normalized spacial score (nSPS) is 33.5. The zero-order valence-corrected chi connectivity index (χ0v) is 8.61. The van der Waals surface area contributed by atoms with Gasteiger partial charge < -0.3 is 0 Å². The van der Waals surface area contributed by atoms with Crippen molar-refractivity contribution >= 4 is 11.8 Å². The Morgan fingerprint density at radius 2 is 1.50 bits per heavy atom. The maximum absolute atomic E-state index is 2.72. The first kappa shape index (κ1) is 8.89. The van der Waals surface area contributed by atoms with Gasteiger partial charge in [-0.2, -0.15) is 0 Å². The van der Waals surface area contributed by atoms with Crippen LogP contribution in [0.25, 0.3) is 0 Å². The summed E-state index contributed by atoms with van der Waals surface area (Å²) in [4.78, 5) is 2.72. The SMILES string of the molecule is C1CCCN(C2CCS2)CCC1. The fraction of sp³-hybridized carbons (Fsp3) is 1.00. The summed E-state index contributed by atoms with van der Waals surface area (Å²) in [7, 11) is 0. The van der Waals surface area contributed by atoms with E-state index in [1.165, 1.54) is 57.4 Å². The molecule has 0 aromatic carbocycles. The van der Waals surface area contributed by atoms with Gasteiger partial charge in [0, 0.05) is 0 Å². The predicted molar refractivity (Wildman–Crippen MR) is 55.5 cm³/mol. The molecule has 0 aromatic rings. The number of thioether (sulfide) groups is 1. The Kier molecular flexibility index (Phi) is 3.35. The molecule has 1 nitrogen and oxygen atoms in total. The first-order valence-electron chi connectivity index (χ1n) is 5.32. The second-order valence-electron chi connectivity index (χ2n) is 3.92. The lowest BCUT2D eigenvalue weighted by Gasteiger charge is -2.37. The second kappa shape index (κ2) is 4.52. The van der Waals surface area contributed by atoms with Crippen molar-refractivity contribution in [2.24, 2.45) is 0 Å². The van der Waals surface area contributed by atoms with Gasteiger partial charge in [-0.25, -0.2) is 0 Å². The summed E-state index contributed by atoms with van der Waals surface area (Å²) < 4.78 is 0. The highest BCUT2D eigenvalue weighted by atomic mass is 32.2. The van der Waals surface area contributed by atoms with Gasteiger partial charge in [0.2, 0.25) is 0 Å². The topological polar surface area (TPSA) is 3.24 Å². The summed E-state index contributed by atoms with van der Waals surface area (Å²) in [6.45, 7) is 2.75. The van der Waals surface area contributed by atoms with Crippen LogP contribution in [0.2, 0.25) is 0 Å². The zero-order chi connectivity index (χ0) is 8.23. The van der Waals surface area contributed by atoms with Crippen LogP contribution in [0.3, 0.4) is 0 Å². The Bertz CT molecular complexity index is 126. The zero-order valence-electron chi connectivity index (χ0n) is 7.80. The molecule has 2 rings (SSSR count). The maximum Gasteiger partial charge on any atom is 0.0565 e. The molecule has 2 saturated heterocycles. The molecular formula is C10H19NS. The average Bonchev–Trinajstić information content (AvgIpc) is 1.90. The van der Waals surface area contributed by atoms with Crippen LogP contribution in [0.15, 0.2) is 0 Å². The Balaban J connectivity index is 1.77. The van der Waals surface area contributed by atoms with E-state index in [1.54, 1.807) is 0 Å². The molecule has 1 atom stereocenters. The summed E-state index contributed by atoms with van der Waals surface area (Å²) in [5.74, 6) is 1.40. The Morgan fingerprint density at radius 1 is 0.917 bits per heavy atom. The van der Waals surface area contributed by atoms with Gasteiger partial charge in [-0.1, -0.05) is 19.3 Å². The van der Waals surface area contributed by atoms with E-state index in [4.69, 9.17) is 0 Å². The minimum Gasteiger partial charge on any atom is -0.291 e. The van der Waals surface area contributed by atoms with E-state index < -0.39 is 0 Å². The smallest absolute Gasteiger partial charge is 0.0565 e. The highest BCUT2D eigenvalue weighted by Crippen LogP contribution is 2.31. The fourth-order valence-electron chi connectivity index (χ4n) is 2.07. The van der Waals surface area contributed by atoms with Crippen molar-refractivity contribution in [2.75, 3.05) is 18.8 Å². The fourth-order valence-corrected chi connectivity index (χ4v) is 2.94. The molecule has 0 aromatic heterocycles. The van der Waals surface area contributed by atoms with Crippen LogP contribution in [0, 0.1) is 0 Å². The number of rotatable bonds is 1. The summed E-state index contributed by atoms with van der Waals surface area (Å²) >= 11 is 2.15. The van der Waals surface area contributed by atoms with Crippen LogP contribution in [0.5, 0.6) is 0 Å². The third kappa shape index (κ3) is 2.17. The molecule has 2 heterocycles. The second-order valence-corrected chi connectivity index (χ2v) is 5.20. The van der Waals surface area contributed by atoms with Gasteiger partial charge >= 0.3 is 0 Å². The lowest BCUT2D eigenvalue weighted by atomic mass is 10.1. The van der Waals surface area contributed by atoms with Gasteiger partial charge in [0.15, 0.2) is 0 Å². The number of likely N-dealkylation sites (tertiary alicyclic amines) is 1. The minimum absolute atomic E-state index is 0.906. The molecule has 2 aliphatic heterocycles. The highest BCUT2D eigenvalue weighted by Gasteiger charge is 2.25. The average molecular weight is 185 g/mol. The van der Waals surface area contributed by atoms with Crippen LogP contribution in [0.1, 0.15) is 38.5 Å². The van der Waals surface area contributed by atoms with E-state index in [1.807, 2.05) is 0 Å². The summed E-state index contributed by atoms with van der Waals surface area (Å²) in [5, 5.41) is 0.906. The van der Waals surface area contributed by atoms with Gasteiger partial charge in [0.25, 0.3) is 0 Å². The van der Waals surface area contributed by atoms with E-state index in [0.29, 0.717) is 0 Å². The quantitative estimate of drug-likeness (QED) is 0.618. The van der Waals surface area contributed by atoms with Crippen LogP contribution >= 0.6 is 11.8 Å². The number of hydrogen-bond donors (Lipinski definition) is 0. The van der Waals surface area contributed by atoms with E-state index in [9.17, 15) is 0 Å². The van der Waals surface area contributed by atoms with Crippen molar-refractivity contribution in [2.45, 2.75) is 43.9 Å². The molecule has 2 heteroatoms. The Morgan fingerprint density at radius 3 is 2.00 bits per heavy atom. The van der Waals surface area contributed by atoms with Crippen molar-refractivity contribution < 1.29 is 0 Å². The molecule has 0 radical (unpaired) electrons. The maximum atomic E-state index is 2.72. The summed E-state index contributed by atoms with van der Waals surface area (Å²) in [6.07, 6.45) is 8.74. The molecule has 2 fully saturated rings. The van der Waals surface area contributed by atoms with Crippen molar-refractivity contribution in [3.8, 4) is 0 Å². The Labute approximate surface area is 79.9 Å². The van der Waals surface area contributed by atoms with Crippen LogP contribution in [-0.4, -0.2) is 29.1 Å². The molecule has 12 heavy (non-hydrogen) atoms. The van der Waals surface area contributed by atoms with Crippen molar-refractivity contribution in [1.29, 1.82) is 0 Å². The van der Waals surface area contributed by atoms with Gasteiger partial charge in [0.05, 0.1) is 5.37 Å². The van der Waals surface area contributed by atoms with Crippen molar-refractivity contribution in [1.82, 2.24) is 4.90 Å². The van der Waals surface area contributed by atoms with Crippen LogP contribution in [-0.2, 0) is 0 Å². The summed E-state index contributed by atoms with van der Waals surface area (Å²) in [5.41, 5.74) is 0. The summed E-state index contributed by atoms with van der Waals surface area (Å²) in [6, 6.07) is 0. The lowest BCUT2D eigenvalue weighted by Crippen LogP contribution is -2.40. The molecule has 70 valence electrons. The standard InChI is InChI=1S/C10H19NS/c1-2-4-7-11(8-5-3-1)10-6-9-12-10/h10H,1-9H2. The molecule has 0 saturated carbocycles. The minimum atomic E-state index is 0.906. The monoisotopic (exact) mass is 185 g/mol. The predicted octanol–water partition coefficient (Wildman–Crippen LogP) is 2.72.